The molecule has 2 N–H and O–H groups in total. The molecule has 3 aromatic rings. The zero-order valence-corrected chi connectivity index (χ0v) is 19.9. The number of nitrogens with zero attached hydrogens (tertiary/aromatic N) is 2. The van der Waals surface area contributed by atoms with Gasteiger partial charge in [-0.15, -0.1) is 24.0 Å². The summed E-state index contributed by atoms with van der Waals surface area (Å²) in [6.07, 6.45) is 2.65. The smallest absolute Gasteiger partial charge is 0.191 e. The second kappa shape index (κ2) is 13.1. The van der Waals surface area contributed by atoms with Gasteiger partial charge in [0.25, 0.3) is 0 Å². The first-order chi connectivity index (χ1) is 14.3. The lowest BCUT2D eigenvalue weighted by molar-refractivity contribution is 0.305. The topological polar surface area (TPSA) is 58.5 Å². The van der Waals surface area contributed by atoms with E-state index >= 15 is 0 Å². The van der Waals surface area contributed by atoms with E-state index in [1.165, 1.54) is 0 Å². The molecular weight excluding hydrogens is 511 g/mol. The Morgan fingerprint density at radius 2 is 1.70 bits per heavy atom. The third-order valence-electron chi connectivity index (χ3n) is 4.41. The third kappa shape index (κ3) is 7.50. The molecule has 0 aliphatic rings. The van der Waals surface area contributed by atoms with Gasteiger partial charge in [0.15, 0.2) is 5.96 Å². The number of ether oxygens (including phenoxy) is 1. The summed E-state index contributed by atoms with van der Waals surface area (Å²) in [7, 11) is 1.77. The van der Waals surface area contributed by atoms with Gasteiger partial charge in [0, 0.05) is 38.4 Å². The Labute approximate surface area is 200 Å². The molecule has 3 rings (SSSR count). The molecular formula is C23H26ClIN4O. The summed E-state index contributed by atoms with van der Waals surface area (Å²) < 4.78 is 5.90. The molecule has 0 aliphatic heterocycles. The van der Waals surface area contributed by atoms with Crippen LogP contribution in [0.2, 0.25) is 5.02 Å². The number of pyridine rings is 1. The van der Waals surface area contributed by atoms with Crippen molar-refractivity contribution in [3.8, 4) is 5.75 Å². The van der Waals surface area contributed by atoms with E-state index in [0.29, 0.717) is 23.9 Å². The number of para-hydroxylation sites is 1. The lowest BCUT2D eigenvalue weighted by atomic mass is 10.1. The molecule has 2 aromatic carbocycles. The number of aromatic nitrogens is 1. The van der Waals surface area contributed by atoms with Crippen molar-refractivity contribution in [1.29, 1.82) is 0 Å². The van der Waals surface area contributed by atoms with E-state index in [0.717, 1.165) is 35.7 Å². The number of nitrogens with one attached hydrogen (secondary N) is 2. The van der Waals surface area contributed by atoms with Crippen LogP contribution >= 0.6 is 35.6 Å². The van der Waals surface area contributed by atoms with E-state index in [9.17, 15) is 0 Å². The molecule has 0 bridgehead atoms. The van der Waals surface area contributed by atoms with Gasteiger partial charge in [0.2, 0.25) is 0 Å². The minimum absolute atomic E-state index is 0. The average molecular weight is 537 g/mol. The average Bonchev–Trinajstić information content (AvgIpc) is 2.77. The summed E-state index contributed by atoms with van der Waals surface area (Å²) in [5.41, 5.74) is 3.30. The quantitative estimate of drug-likeness (QED) is 0.246. The highest BCUT2D eigenvalue weighted by Gasteiger charge is 2.06. The fourth-order valence-electron chi connectivity index (χ4n) is 2.84. The van der Waals surface area contributed by atoms with Gasteiger partial charge in [-0.05, 0) is 35.4 Å². The third-order valence-corrected chi connectivity index (χ3v) is 4.72. The van der Waals surface area contributed by atoms with Gasteiger partial charge in [0.05, 0.1) is 5.02 Å². The molecule has 0 unspecified atom stereocenters. The van der Waals surface area contributed by atoms with Crippen LogP contribution in [0.5, 0.6) is 5.75 Å². The van der Waals surface area contributed by atoms with Gasteiger partial charge in [-0.2, -0.15) is 0 Å². The van der Waals surface area contributed by atoms with Gasteiger partial charge in [-0.25, -0.2) is 0 Å². The minimum atomic E-state index is 0. The highest BCUT2D eigenvalue weighted by molar-refractivity contribution is 14.0. The first-order valence-electron chi connectivity index (χ1n) is 9.55. The fraction of sp³-hybridized carbons (Fsp3) is 0.217. The first-order valence-corrected chi connectivity index (χ1v) is 9.92. The van der Waals surface area contributed by atoms with Crippen LogP contribution in [0, 0.1) is 0 Å². The summed E-state index contributed by atoms with van der Waals surface area (Å²) in [5, 5.41) is 7.29. The lowest BCUT2D eigenvalue weighted by Crippen LogP contribution is -2.38. The van der Waals surface area contributed by atoms with Crippen LogP contribution in [0.25, 0.3) is 0 Å². The summed E-state index contributed by atoms with van der Waals surface area (Å²) in [5.74, 6) is 1.44. The molecule has 0 fully saturated rings. The van der Waals surface area contributed by atoms with E-state index in [2.05, 4.69) is 32.7 Å². The van der Waals surface area contributed by atoms with E-state index in [-0.39, 0.29) is 24.0 Å². The second-order valence-corrected chi connectivity index (χ2v) is 6.82. The number of halogens is 2. The minimum Gasteiger partial charge on any atom is -0.487 e. The van der Waals surface area contributed by atoms with Crippen molar-refractivity contribution in [2.75, 3.05) is 13.6 Å². The number of aliphatic imine (C=N–C) groups is 1. The molecule has 0 saturated heterocycles. The molecule has 1 aromatic heterocycles. The van der Waals surface area contributed by atoms with Gasteiger partial charge in [0.1, 0.15) is 12.4 Å². The number of guanidine groups is 1. The van der Waals surface area contributed by atoms with Crippen molar-refractivity contribution in [3.63, 3.8) is 0 Å². The molecule has 0 aliphatic carbocycles. The molecule has 0 saturated carbocycles. The largest absolute Gasteiger partial charge is 0.487 e. The van der Waals surface area contributed by atoms with Gasteiger partial charge >= 0.3 is 0 Å². The number of benzene rings is 2. The Morgan fingerprint density at radius 1 is 0.967 bits per heavy atom. The van der Waals surface area contributed by atoms with E-state index < -0.39 is 0 Å². The van der Waals surface area contributed by atoms with Crippen LogP contribution in [0.1, 0.15) is 16.8 Å². The van der Waals surface area contributed by atoms with E-state index in [4.69, 9.17) is 16.3 Å². The normalized spacial score (nSPS) is 10.8. The summed E-state index contributed by atoms with van der Waals surface area (Å²) >= 11 is 6.18. The lowest BCUT2D eigenvalue weighted by Gasteiger charge is -2.15. The van der Waals surface area contributed by atoms with Crippen molar-refractivity contribution in [3.05, 3.63) is 94.8 Å². The zero-order valence-electron chi connectivity index (χ0n) is 16.8. The SMILES string of the molecule is CN=C(NCCc1ccccn1)NCc1ccccc1COc1ccccc1Cl.I. The number of hydrogen-bond acceptors (Lipinski definition) is 3. The Bertz CT molecular complexity index is 937. The Kier molecular flexibility index (Phi) is 10.4. The van der Waals surface area contributed by atoms with E-state index in [1.807, 2.05) is 60.8 Å². The van der Waals surface area contributed by atoms with Crippen molar-refractivity contribution < 1.29 is 4.74 Å². The maximum absolute atomic E-state index is 6.18. The van der Waals surface area contributed by atoms with Crippen LogP contribution in [0.4, 0.5) is 0 Å². The monoisotopic (exact) mass is 536 g/mol. The summed E-state index contributed by atoms with van der Waals surface area (Å²) in [4.78, 5) is 8.63. The van der Waals surface area contributed by atoms with Gasteiger partial charge in [-0.3, -0.25) is 9.98 Å². The number of hydrogen-bond donors (Lipinski definition) is 2. The standard InChI is InChI=1S/C23H25ClN4O.HI/c1-25-23(27-15-13-20-10-6-7-14-26-20)28-16-18-8-2-3-9-19(18)17-29-22-12-5-4-11-21(22)24;/h2-12,14H,13,15-17H2,1H3,(H2,25,27,28);1H. The van der Waals surface area contributed by atoms with Crippen molar-refractivity contribution >= 4 is 41.5 Å². The maximum atomic E-state index is 6.18. The van der Waals surface area contributed by atoms with Crippen LogP contribution < -0.4 is 15.4 Å². The highest BCUT2D eigenvalue weighted by atomic mass is 127. The number of rotatable bonds is 8. The highest BCUT2D eigenvalue weighted by Crippen LogP contribution is 2.24. The molecule has 0 amide bonds. The molecule has 0 radical (unpaired) electrons. The molecule has 0 atom stereocenters. The van der Waals surface area contributed by atoms with Gasteiger partial charge < -0.3 is 15.4 Å². The molecule has 7 heteroatoms. The van der Waals surface area contributed by atoms with Gasteiger partial charge in [-0.1, -0.05) is 54.1 Å². The first kappa shape index (κ1) is 24.0. The van der Waals surface area contributed by atoms with Crippen LogP contribution in [-0.2, 0) is 19.6 Å². The summed E-state index contributed by atoms with van der Waals surface area (Å²) in [6.45, 7) is 1.85. The summed E-state index contributed by atoms with van der Waals surface area (Å²) in [6, 6.07) is 21.6. The molecule has 0 spiro atoms. The fourth-order valence-corrected chi connectivity index (χ4v) is 3.03. The van der Waals surface area contributed by atoms with Crippen molar-refractivity contribution in [2.45, 2.75) is 19.6 Å². The molecule has 1 heterocycles. The molecule has 5 nitrogen and oxygen atoms in total. The molecule has 158 valence electrons. The maximum Gasteiger partial charge on any atom is 0.191 e. The predicted molar refractivity (Wildman–Crippen MR) is 134 cm³/mol. The zero-order chi connectivity index (χ0) is 20.3. The Balaban J connectivity index is 0.00000320. The molecule has 30 heavy (non-hydrogen) atoms. The van der Waals surface area contributed by atoms with Crippen molar-refractivity contribution in [1.82, 2.24) is 15.6 Å². The Hall–Kier alpha value is -2.32. The van der Waals surface area contributed by atoms with Crippen LogP contribution in [-0.4, -0.2) is 24.5 Å². The predicted octanol–water partition coefficient (Wildman–Crippen LogP) is 4.84. The Morgan fingerprint density at radius 3 is 2.43 bits per heavy atom. The van der Waals surface area contributed by atoms with E-state index in [1.54, 1.807) is 7.05 Å². The second-order valence-electron chi connectivity index (χ2n) is 6.41. The van der Waals surface area contributed by atoms with Crippen LogP contribution in [0.3, 0.4) is 0 Å². The van der Waals surface area contributed by atoms with Crippen molar-refractivity contribution in [2.24, 2.45) is 4.99 Å². The van der Waals surface area contributed by atoms with Crippen LogP contribution in [0.15, 0.2) is 77.9 Å².